The minimum Gasteiger partial charge on any atom is -0.465 e. The standard InChI is InChI=1S/C24H30N6O3/c1-3-21-26-22(28-8-10-33-11-9-28)14-23(27-21)30-20-13-19(16(2)12-18(20)15-25-30)17-4-6-29(7-5-17)24(31)32/h12-15,17H,3-11H2,1-2H3,(H,31,32). The summed E-state index contributed by atoms with van der Waals surface area (Å²) < 4.78 is 7.41. The number of aromatic nitrogens is 4. The van der Waals surface area contributed by atoms with Gasteiger partial charge < -0.3 is 19.6 Å². The van der Waals surface area contributed by atoms with Crippen molar-refractivity contribution in [3.05, 3.63) is 41.3 Å². The fourth-order valence-corrected chi connectivity index (χ4v) is 4.90. The van der Waals surface area contributed by atoms with Crippen molar-refractivity contribution in [2.24, 2.45) is 0 Å². The zero-order chi connectivity index (χ0) is 22.9. The molecule has 0 unspecified atom stereocenters. The maximum Gasteiger partial charge on any atom is 0.407 e. The molecule has 2 aromatic heterocycles. The lowest BCUT2D eigenvalue weighted by Gasteiger charge is -2.31. The van der Waals surface area contributed by atoms with Gasteiger partial charge in [0.05, 0.1) is 24.9 Å². The van der Waals surface area contributed by atoms with Crippen LogP contribution in [0, 0.1) is 6.92 Å². The van der Waals surface area contributed by atoms with Crippen LogP contribution in [0.25, 0.3) is 16.7 Å². The van der Waals surface area contributed by atoms with Crippen molar-refractivity contribution in [2.75, 3.05) is 44.3 Å². The summed E-state index contributed by atoms with van der Waals surface area (Å²) in [4.78, 5) is 24.6. The van der Waals surface area contributed by atoms with Crippen LogP contribution in [0.3, 0.4) is 0 Å². The fourth-order valence-electron chi connectivity index (χ4n) is 4.90. The number of carboxylic acid groups (broad SMARTS) is 1. The van der Waals surface area contributed by atoms with Gasteiger partial charge in [0.2, 0.25) is 0 Å². The monoisotopic (exact) mass is 450 g/mol. The van der Waals surface area contributed by atoms with Crippen molar-refractivity contribution in [3.8, 4) is 5.82 Å². The lowest BCUT2D eigenvalue weighted by atomic mass is 9.86. The molecule has 2 aliphatic rings. The lowest BCUT2D eigenvalue weighted by molar-refractivity contribution is 0.122. The summed E-state index contributed by atoms with van der Waals surface area (Å²) in [6.07, 6.45) is 3.48. The molecule has 0 atom stereocenters. The van der Waals surface area contributed by atoms with Gasteiger partial charge in [-0.2, -0.15) is 5.10 Å². The number of hydrogen-bond acceptors (Lipinski definition) is 6. The highest BCUT2D eigenvalue weighted by atomic mass is 16.5. The summed E-state index contributed by atoms with van der Waals surface area (Å²) in [6.45, 7) is 8.39. The Labute approximate surface area is 193 Å². The van der Waals surface area contributed by atoms with Gasteiger partial charge in [0.1, 0.15) is 11.6 Å². The van der Waals surface area contributed by atoms with E-state index in [1.807, 2.05) is 16.9 Å². The topological polar surface area (TPSA) is 96.6 Å². The average molecular weight is 451 g/mol. The first kappa shape index (κ1) is 21.6. The van der Waals surface area contributed by atoms with Gasteiger partial charge in [-0.05, 0) is 48.9 Å². The largest absolute Gasteiger partial charge is 0.465 e. The molecule has 9 nitrogen and oxygen atoms in total. The molecule has 1 aromatic carbocycles. The van der Waals surface area contributed by atoms with Crippen LogP contribution in [0.5, 0.6) is 0 Å². The highest BCUT2D eigenvalue weighted by Gasteiger charge is 2.25. The minimum atomic E-state index is -0.828. The molecule has 2 fully saturated rings. The van der Waals surface area contributed by atoms with E-state index in [0.717, 1.165) is 60.7 Å². The number of rotatable bonds is 4. The summed E-state index contributed by atoms with van der Waals surface area (Å²) in [6, 6.07) is 6.42. The van der Waals surface area contributed by atoms with E-state index in [-0.39, 0.29) is 0 Å². The van der Waals surface area contributed by atoms with Crippen molar-refractivity contribution in [2.45, 2.75) is 39.0 Å². The smallest absolute Gasteiger partial charge is 0.407 e. The first-order valence-electron chi connectivity index (χ1n) is 11.7. The second-order valence-electron chi connectivity index (χ2n) is 8.82. The Morgan fingerprint density at radius 3 is 2.52 bits per heavy atom. The summed E-state index contributed by atoms with van der Waals surface area (Å²) in [5.41, 5.74) is 3.51. The van der Waals surface area contributed by atoms with Crippen molar-refractivity contribution in [3.63, 3.8) is 0 Å². The number of morpholine rings is 1. The van der Waals surface area contributed by atoms with Crippen molar-refractivity contribution in [1.82, 2.24) is 24.6 Å². The quantitative estimate of drug-likeness (QED) is 0.651. The first-order chi connectivity index (χ1) is 16.0. The number of ether oxygens (including phenoxy) is 1. The van der Waals surface area contributed by atoms with Gasteiger partial charge in [0, 0.05) is 44.1 Å². The molecule has 1 N–H and O–H groups in total. The van der Waals surface area contributed by atoms with Gasteiger partial charge in [0.25, 0.3) is 0 Å². The van der Waals surface area contributed by atoms with E-state index in [2.05, 4.69) is 36.0 Å². The van der Waals surface area contributed by atoms with Crippen LogP contribution < -0.4 is 4.90 Å². The van der Waals surface area contributed by atoms with E-state index in [4.69, 9.17) is 14.7 Å². The number of piperidine rings is 1. The van der Waals surface area contributed by atoms with E-state index in [1.165, 1.54) is 16.0 Å². The van der Waals surface area contributed by atoms with Gasteiger partial charge in [0.15, 0.2) is 5.82 Å². The third kappa shape index (κ3) is 4.25. The Kier molecular flexibility index (Phi) is 5.88. The van der Waals surface area contributed by atoms with E-state index >= 15 is 0 Å². The molecule has 1 amide bonds. The highest BCUT2D eigenvalue weighted by molar-refractivity contribution is 5.82. The SMILES string of the molecule is CCc1nc(N2CCOCC2)cc(-n2ncc3cc(C)c(C4CCN(C(=O)O)CC4)cc32)n1. The molecule has 33 heavy (non-hydrogen) atoms. The van der Waals surface area contributed by atoms with Crippen LogP contribution in [-0.4, -0.2) is 75.2 Å². The Morgan fingerprint density at radius 1 is 1.09 bits per heavy atom. The van der Waals surface area contributed by atoms with Crippen LogP contribution in [0.15, 0.2) is 24.4 Å². The molecule has 4 heterocycles. The van der Waals surface area contributed by atoms with Gasteiger partial charge in [-0.15, -0.1) is 0 Å². The van der Waals surface area contributed by atoms with Crippen LogP contribution in [0.2, 0.25) is 0 Å². The van der Waals surface area contributed by atoms with Crippen molar-refractivity contribution >= 4 is 22.8 Å². The van der Waals surface area contributed by atoms with Crippen molar-refractivity contribution < 1.29 is 14.6 Å². The van der Waals surface area contributed by atoms with Crippen LogP contribution >= 0.6 is 0 Å². The van der Waals surface area contributed by atoms with Gasteiger partial charge >= 0.3 is 6.09 Å². The highest BCUT2D eigenvalue weighted by Crippen LogP contribution is 2.33. The Bertz CT molecular complexity index is 1160. The molecule has 3 aromatic rings. The Hall–Kier alpha value is -3.20. The summed E-state index contributed by atoms with van der Waals surface area (Å²) >= 11 is 0. The Balaban J connectivity index is 1.51. The number of anilines is 1. The number of nitrogens with zero attached hydrogens (tertiary/aromatic N) is 6. The summed E-state index contributed by atoms with van der Waals surface area (Å²) in [7, 11) is 0. The number of aryl methyl sites for hydroxylation is 2. The average Bonchev–Trinajstić information content (AvgIpc) is 3.26. The number of benzene rings is 1. The number of likely N-dealkylation sites (tertiary alicyclic amines) is 1. The molecular weight excluding hydrogens is 420 g/mol. The second kappa shape index (κ2) is 8.97. The van der Waals surface area contributed by atoms with E-state index in [0.29, 0.717) is 32.2 Å². The molecule has 0 radical (unpaired) electrons. The molecule has 2 aliphatic heterocycles. The van der Waals surface area contributed by atoms with Gasteiger partial charge in [-0.1, -0.05) is 6.92 Å². The zero-order valence-electron chi connectivity index (χ0n) is 19.2. The van der Waals surface area contributed by atoms with E-state index in [1.54, 1.807) is 0 Å². The predicted octanol–water partition coefficient (Wildman–Crippen LogP) is 3.38. The molecule has 5 rings (SSSR count). The normalized spacial score (nSPS) is 17.6. The fraction of sp³-hybridized carbons (Fsp3) is 0.500. The molecular formula is C24H30N6O3. The van der Waals surface area contributed by atoms with Crippen LogP contribution in [0.1, 0.15) is 42.6 Å². The number of fused-ring (bicyclic) bond motifs is 1. The van der Waals surface area contributed by atoms with E-state index < -0.39 is 6.09 Å². The summed E-state index contributed by atoms with van der Waals surface area (Å²) in [5, 5.41) is 15.0. The predicted molar refractivity (Wildman–Crippen MR) is 125 cm³/mol. The zero-order valence-corrected chi connectivity index (χ0v) is 19.2. The van der Waals surface area contributed by atoms with Crippen LogP contribution in [-0.2, 0) is 11.2 Å². The maximum atomic E-state index is 11.3. The Morgan fingerprint density at radius 2 is 1.82 bits per heavy atom. The number of amides is 1. The molecule has 0 spiro atoms. The lowest BCUT2D eigenvalue weighted by Crippen LogP contribution is -2.37. The van der Waals surface area contributed by atoms with Crippen LogP contribution in [0.4, 0.5) is 10.6 Å². The van der Waals surface area contributed by atoms with Crippen molar-refractivity contribution in [1.29, 1.82) is 0 Å². The molecule has 0 aliphatic carbocycles. The molecule has 0 saturated carbocycles. The van der Waals surface area contributed by atoms with E-state index in [9.17, 15) is 9.90 Å². The first-order valence-corrected chi connectivity index (χ1v) is 11.7. The minimum absolute atomic E-state index is 0.342. The second-order valence-corrected chi connectivity index (χ2v) is 8.82. The molecule has 0 bridgehead atoms. The van der Waals surface area contributed by atoms with Gasteiger partial charge in [-0.25, -0.2) is 19.4 Å². The maximum absolute atomic E-state index is 11.3. The summed E-state index contributed by atoms with van der Waals surface area (Å²) in [5.74, 6) is 2.82. The van der Waals surface area contributed by atoms with Gasteiger partial charge in [-0.3, -0.25) is 0 Å². The third-order valence-corrected chi connectivity index (χ3v) is 6.77. The molecule has 174 valence electrons. The molecule has 9 heteroatoms. The number of carbonyl (C=O) groups is 1. The molecule has 2 saturated heterocycles. The third-order valence-electron chi connectivity index (χ3n) is 6.77. The number of hydrogen-bond donors (Lipinski definition) is 1.